The lowest BCUT2D eigenvalue weighted by molar-refractivity contribution is 0.00578. The molecule has 0 unspecified atom stereocenters. The molecule has 1 saturated heterocycles. The van der Waals surface area contributed by atoms with E-state index in [9.17, 15) is 0 Å². The standard InChI is InChI=1S/C45H38BN3O2/c1-44(2)45(3,4)51-46(50-44)40-26-14-24-38(30-40)36-22-12-20-34(28-36)33-19-11-21-35(27-33)37-23-13-25-39(29-37)43-48-41(31-15-7-5-8-16-31)47-42(49-43)32-17-9-6-10-18-32/h5-30H,1-4H3. The summed E-state index contributed by atoms with van der Waals surface area (Å²) in [6.07, 6.45) is 0. The molecule has 0 N–H and O–H groups in total. The van der Waals surface area contributed by atoms with Gasteiger partial charge >= 0.3 is 7.12 Å². The molecule has 1 aromatic heterocycles. The van der Waals surface area contributed by atoms with Gasteiger partial charge in [0.15, 0.2) is 17.5 Å². The van der Waals surface area contributed by atoms with E-state index in [2.05, 4.69) is 125 Å². The van der Waals surface area contributed by atoms with Crippen molar-refractivity contribution in [3.8, 4) is 67.5 Å². The molecule has 1 aliphatic heterocycles. The molecule has 248 valence electrons. The molecule has 51 heavy (non-hydrogen) atoms. The third-order valence-corrected chi connectivity index (χ3v) is 9.96. The van der Waals surface area contributed by atoms with Gasteiger partial charge in [0.25, 0.3) is 0 Å². The summed E-state index contributed by atoms with van der Waals surface area (Å²) < 4.78 is 12.7. The quantitative estimate of drug-likeness (QED) is 0.159. The lowest BCUT2D eigenvalue weighted by Crippen LogP contribution is -2.41. The molecule has 0 bridgehead atoms. The summed E-state index contributed by atoms with van der Waals surface area (Å²) >= 11 is 0. The number of hydrogen-bond acceptors (Lipinski definition) is 5. The number of nitrogens with zero attached hydrogens (tertiary/aromatic N) is 3. The minimum atomic E-state index is -0.405. The van der Waals surface area contributed by atoms with Crippen LogP contribution in [0.1, 0.15) is 27.7 Å². The molecule has 6 aromatic carbocycles. The van der Waals surface area contributed by atoms with Gasteiger partial charge in [0.05, 0.1) is 11.2 Å². The summed E-state index contributed by atoms with van der Waals surface area (Å²) in [5.41, 5.74) is 9.80. The molecule has 0 aliphatic carbocycles. The molecule has 0 spiro atoms. The highest BCUT2D eigenvalue weighted by Crippen LogP contribution is 2.37. The van der Waals surface area contributed by atoms with E-state index in [1.54, 1.807) is 0 Å². The molecule has 0 atom stereocenters. The fraction of sp³-hybridized carbons (Fsp3) is 0.133. The maximum Gasteiger partial charge on any atom is 0.494 e. The van der Waals surface area contributed by atoms with Crippen LogP contribution < -0.4 is 5.46 Å². The highest BCUT2D eigenvalue weighted by Gasteiger charge is 2.51. The van der Waals surface area contributed by atoms with Crippen LogP contribution in [0.25, 0.3) is 67.5 Å². The van der Waals surface area contributed by atoms with Gasteiger partial charge in [-0.2, -0.15) is 0 Å². The van der Waals surface area contributed by atoms with Crippen LogP contribution in [0.4, 0.5) is 0 Å². The largest absolute Gasteiger partial charge is 0.494 e. The van der Waals surface area contributed by atoms with Crippen LogP contribution in [0.15, 0.2) is 158 Å². The predicted octanol–water partition coefficient (Wildman–Crippen LogP) is 10.2. The zero-order valence-corrected chi connectivity index (χ0v) is 29.2. The summed E-state index contributed by atoms with van der Waals surface area (Å²) in [5, 5.41) is 0. The first-order chi connectivity index (χ1) is 24.7. The lowest BCUT2D eigenvalue weighted by atomic mass is 9.78. The maximum absolute atomic E-state index is 6.34. The predicted molar refractivity (Wildman–Crippen MR) is 208 cm³/mol. The van der Waals surface area contributed by atoms with Gasteiger partial charge < -0.3 is 9.31 Å². The third-order valence-electron chi connectivity index (χ3n) is 9.96. The Morgan fingerprint density at radius 2 is 0.667 bits per heavy atom. The SMILES string of the molecule is CC1(C)OB(c2cccc(-c3cccc(-c4cccc(-c5cccc(-c6nc(-c7ccccc7)nc(-c7ccccc7)n6)c5)c4)c3)c2)OC1(C)C. The third kappa shape index (κ3) is 6.64. The Morgan fingerprint density at radius 1 is 0.353 bits per heavy atom. The van der Waals surface area contributed by atoms with Crippen LogP contribution in [0.5, 0.6) is 0 Å². The number of rotatable bonds is 7. The summed E-state index contributed by atoms with van der Waals surface area (Å²) in [5.74, 6) is 1.93. The Morgan fingerprint density at radius 3 is 1.10 bits per heavy atom. The van der Waals surface area contributed by atoms with Gasteiger partial charge in [-0.15, -0.1) is 0 Å². The highest BCUT2D eigenvalue weighted by molar-refractivity contribution is 6.62. The van der Waals surface area contributed by atoms with Crippen molar-refractivity contribution in [2.75, 3.05) is 0 Å². The average molecular weight is 664 g/mol. The van der Waals surface area contributed by atoms with Crippen LogP contribution in [-0.2, 0) is 9.31 Å². The van der Waals surface area contributed by atoms with E-state index in [0.29, 0.717) is 17.5 Å². The zero-order valence-electron chi connectivity index (χ0n) is 29.2. The molecule has 1 aliphatic rings. The molecule has 0 radical (unpaired) electrons. The van der Waals surface area contributed by atoms with E-state index in [1.165, 1.54) is 0 Å². The van der Waals surface area contributed by atoms with Crippen molar-refractivity contribution in [2.24, 2.45) is 0 Å². The van der Waals surface area contributed by atoms with Crippen molar-refractivity contribution in [2.45, 2.75) is 38.9 Å². The molecule has 7 aromatic rings. The van der Waals surface area contributed by atoms with Crippen LogP contribution in [0, 0.1) is 0 Å². The van der Waals surface area contributed by atoms with Crippen molar-refractivity contribution in [3.05, 3.63) is 158 Å². The van der Waals surface area contributed by atoms with Gasteiger partial charge in [-0.1, -0.05) is 140 Å². The number of aromatic nitrogens is 3. The monoisotopic (exact) mass is 663 g/mol. The molecule has 0 saturated carbocycles. The normalized spacial score (nSPS) is 14.8. The topological polar surface area (TPSA) is 57.1 Å². The number of hydrogen-bond donors (Lipinski definition) is 0. The molecule has 6 heteroatoms. The lowest BCUT2D eigenvalue weighted by Gasteiger charge is -2.32. The minimum absolute atomic E-state index is 0.389. The first kappa shape index (κ1) is 32.5. The molecule has 2 heterocycles. The smallest absolute Gasteiger partial charge is 0.399 e. The minimum Gasteiger partial charge on any atom is -0.399 e. The van der Waals surface area contributed by atoms with Crippen molar-refractivity contribution < 1.29 is 9.31 Å². The Bertz CT molecular complexity index is 2270. The van der Waals surface area contributed by atoms with Crippen LogP contribution in [-0.4, -0.2) is 33.3 Å². The van der Waals surface area contributed by atoms with Crippen molar-refractivity contribution in [3.63, 3.8) is 0 Å². The Hall–Kier alpha value is -5.69. The van der Waals surface area contributed by atoms with Gasteiger partial charge in [0.2, 0.25) is 0 Å². The maximum atomic E-state index is 6.34. The van der Waals surface area contributed by atoms with E-state index >= 15 is 0 Å². The Kier molecular flexibility index (Phi) is 8.43. The van der Waals surface area contributed by atoms with E-state index in [0.717, 1.165) is 55.5 Å². The first-order valence-electron chi connectivity index (χ1n) is 17.4. The van der Waals surface area contributed by atoms with Crippen LogP contribution in [0.3, 0.4) is 0 Å². The Balaban J connectivity index is 1.11. The molecule has 1 fully saturated rings. The average Bonchev–Trinajstić information content (AvgIpc) is 3.41. The summed E-state index contributed by atoms with van der Waals surface area (Å²) in [4.78, 5) is 14.7. The van der Waals surface area contributed by atoms with E-state index in [1.807, 2.05) is 60.7 Å². The molecule has 0 amide bonds. The van der Waals surface area contributed by atoms with E-state index in [4.69, 9.17) is 24.3 Å². The zero-order chi connectivity index (χ0) is 35.0. The van der Waals surface area contributed by atoms with Crippen LogP contribution >= 0.6 is 0 Å². The second-order valence-corrected chi connectivity index (χ2v) is 14.0. The van der Waals surface area contributed by atoms with Gasteiger partial charge in [-0.25, -0.2) is 15.0 Å². The second-order valence-electron chi connectivity index (χ2n) is 14.0. The molecular formula is C45H38BN3O2. The fourth-order valence-corrected chi connectivity index (χ4v) is 6.38. The van der Waals surface area contributed by atoms with Gasteiger partial charge in [0.1, 0.15) is 0 Å². The molecule has 8 rings (SSSR count). The summed E-state index contributed by atoms with van der Waals surface area (Å²) in [6.45, 7) is 8.34. The van der Waals surface area contributed by atoms with Crippen LogP contribution in [0.2, 0.25) is 0 Å². The van der Waals surface area contributed by atoms with Crippen molar-refractivity contribution in [1.29, 1.82) is 0 Å². The summed E-state index contributed by atoms with van der Waals surface area (Å²) in [7, 11) is -0.405. The van der Waals surface area contributed by atoms with E-state index < -0.39 is 7.12 Å². The van der Waals surface area contributed by atoms with Gasteiger partial charge in [0, 0.05) is 16.7 Å². The number of benzene rings is 6. The van der Waals surface area contributed by atoms with Crippen molar-refractivity contribution >= 4 is 12.6 Å². The van der Waals surface area contributed by atoms with Gasteiger partial charge in [-0.3, -0.25) is 0 Å². The van der Waals surface area contributed by atoms with Gasteiger partial charge in [-0.05, 0) is 84.7 Å². The van der Waals surface area contributed by atoms with Crippen molar-refractivity contribution in [1.82, 2.24) is 15.0 Å². The second kappa shape index (κ2) is 13.2. The highest BCUT2D eigenvalue weighted by atomic mass is 16.7. The molecular weight excluding hydrogens is 625 g/mol. The summed E-state index contributed by atoms with van der Waals surface area (Å²) in [6, 6.07) is 54.4. The Labute approximate surface area is 300 Å². The van der Waals surface area contributed by atoms with E-state index in [-0.39, 0.29) is 11.2 Å². The molecule has 5 nitrogen and oxygen atoms in total. The fourth-order valence-electron chi connectivity index (χ4n) is 6.38. The first-order valence-corrected chi connectivity index (χ1v) is 17.4.